The summed E-state index contributed by atoms with van der Waals surface area (Å²) < 4.78 is 13.7. The molecule has 1 heterocycles. The van der Waals surface area contributed by atoms with E-state index < -0.39 is 0 Å². The highest BCUT2D eigenvalue weighted by Gasteiger charge is 2.12. The molecule has 0 radical (unpaired) electrons. The fourth-order valence-corrected chi connectivity index (χ4v) is 5.21. The van der Waals surface area contributed by atoms with Gasteiger partial charge in [0.25, 0.3) is 0 Å². The van der Waals surface area contributed by atoms with E-state index in [2.05, 4.69) is 41.5 Å². The second-order valence-corrected chi connectivity index (χ2v) is 11.2. The average Bonchev–Trinajstić information content (AvgIpc) is 3.32. The number of aryl methyl sites for hydroxylation is 1. The standard InChI is InChI=1S/C32H44N2O3S.BrH/c1-4-5-6-7-8-9-10-11-12-13-19-37-31-22-30(36-3)18-17-28(31)21-32(35)33-29-16-14-15-27(20-29)24-34-23-26(2)38-25-34;/h14-18,20,22-23,25H,4-13,19,21,24H2,1-3H3;1H. The highest BCUT2D eigenvalue weighted by atomic mass is 79.9. The van der Waals surface area contributed by atoms with Crippen LogP contribution in [0.3, 0.4) is 0 Å². The molecule has 0 bridgehead atoms. The molecule has 5 nitrogen and oxygen atoms in total. The number of aromatic nitrogens is 1. The van der Waals surface area contributed by atoms with Crippen molar-refractivity contribution in [1.82, 2.24) is 0 Å². The Kier molecular flexibility index (Phi) is 15.8. The molecule has 3 aromatic rings. The van der Waals surface area contributed by atoms with Crippen molar-refractivity contribution in [2.45, 2.75) is 91.0 Å². The number of hydrogen-bond acceptors (Lipinski definition) is 4. The normalized spacial score (nSPS) is 10.6. The molecule has 1 aromatic heterocycles. The summed E-state index contributed by atoms with van der Waals surface area (Å²) in [7, 11) is 1.65. The highest BCUT2D eigenvalue weighted by Crippen LogP contribution is 2.26. The molecule has 214 valence electrons. The summed E-state index contributed by atoms with van der Waals surface area (Å²) in [6.07, 6.45) is 15.3. The SMILES string of the molecule is CCCCCCCCCCCCOc1cc(OC)ccc1CC(=O)Nc1cccc(C[n+]2csc(C)c2)c1.[Br-]. The largest absolute Gasteiger partial charge is 1.00 e. The first kappa shape index (κ1) is 32.8. The number of amides is 1. The summed E-state index contributed by atoms with van der Waals surface area (Å²) >= 11 is 1.73. The fraction of sp³-hybridized carbons (Fsp3) is 0.500. The van der Waals surface area contributed by atoms with E-state index in [0.29, 0.717) is 6.61 Å². The lowest BCUT2D eigenvalue weighted by atomic mass is 10.1. The minimum Gasteiger partial charge on any atom is -1.00 e. The van der Waals surface area contributed by atoms with Gasteiger partial charge in [0.1, 0.15) is 11.5 Å². The number of unbranched alkanes of at least 4 members (excludes halogenated alkanes) is 9. The number of hydrogen-bond donors (Lipinski definition) is 1. The summed E-state index contributed by atoms with van der Waals surface area (Å²) in [5, 5.41) is 3.06. The Hall–Kier alpha value is -2.38. The number of anilines is 1. The van der Waals surface area contributed by atoms with Crippen LogP contribution >= 0.6 is 11.3 Å². The number of nitrogens with one attached hydrogen (secondary N) is 1. The Morgan fingerprint density at radius 1 is 0.949 bits per heavy atom. The van der Waals surface area contributed by atoms with E-state index in [4.69, 9.17) is 9.47 Å². The van der Waals surface area contributed by atoms with Gasteiger partial charge in [0, 0.05) is 22.9 Å². The Morgan fingerprint density at radius 2 is 1.67 bits per heavy atom. The second-order valence-electron chi connectivity index (χ2n) is 10.1. The number of nitrogens with zero attached hydrogens (tertiary/aromatic N) is 1. The lowest BCUT2D eigenvalue weighted by Gasteiger charge is -2.13. The van der Waals surface area contributed by atoms with Gasteiger partial charge in [-0.1, -0.05) is 94.2 Å². The highest BCUT2D eigenvalue weighted by molar-refractivity contribution is 7.09. The van der Waals surface area contributed by atoms with E-state index >= 15 is 0 Å². The number of benzene rings is 2. The molecule has 0 aliphatic carbocycles. The lowest BCUT2D eigenvalue weighted by Crippen LogP contribution is -3.00. The summed E-state index contributed by atoms with van der Waals surface area (Å²) in [6, 6.07) is 13.7. The second kappa shape index (κ2) is 18.8. The van der Waals surface area contributed by atoms with Crippen molar-refractivity contribution in [3.63, 3.8) is 0 Å². The predicted octanol–water partition coefficient (Wildman–Crippen LogP) is 4.89. The Morgan fingerprint density at radius 3 is 2.33 bits per heavy atom. The molecular formula is C32H45BrN2O3S. The minimum absolute atomic E-state index is 0. The zero-order chi connectivity index (χ0) is 27.0. The van der Waals surface area contributed by atoms with Crippen LogP contribution < -0.4 is 36.3 Å². The molecular weight excluding hydrogens is 572 g/mol. The average molecular weight is 618 g/mol. The van der Waals surface area contributed by atoms with Crippen LogP contribution in [0.15, 0.2) is 54.2 Å². The van der Waals surface area contributed by atoms with Crippen molar-refractivity contribution in [3.05, 3.63) is 70.2 Å². The number of ether oxygens (including phenoxy) is 2. The molecule has 0 atom stereocenters. The van der Waals surface area contributed by atoms with Crippen LogP contribution in [0.2, 0.25) is 0 Å². The van der Waals surface area contributed by atoms with Gasteiger partial charge in [-0.2, -0.15) is 4.57 Å². The van der Waals surface area contributed by atoms with Gasteiger partial charge in [-0.15, -0.1) is 0 Å². The maximum atomic E-state index is 12.9. The van der Waals surface area contributed by atoms with Gasteiger partial charge < -0.3 is 31.8 Å². The van der Waals surface area contributed by atoms with Gasteiger partial charge in [0.05, 0.1) is 25.0 Å². The minimum atomic E-state index is -0.0601. The summed E-state index contributed by atoms with van der Waals surface area (Å²) in [6.45, 7) is 5.80. The molecule has 7 heteroatoms. The molecule has 0 unspecified atom stereocenters. The Balaban J connectivity index is 0.00000533. The number of carbonyl (C=O) groups is 1. The number of halogens is 1. The van der Waals surface area contributed by atoms with Crippen molar-refractivity contribution >= 4 is 22.9 Å². The van der Waals surface area contributed by atoms with Crippen LogP contribution in [0.25, 0.3) is 0 Å². The first-order valence-electron chi connectivity index (χ1n) is 14.2. The number of thiazole rings is 1. The smallest absolute Gasteiger partial charge is 0.228 e. The Bertz CT molecular complexity index is 1120. The van der Waals surface area contributed by atoms with Gasteiger partial charge in [0.2, 0.25) is 11.4 Å². The molecule has 0 saturated heterocycles. The topological polar surface area (TPSA) is 51.4 Å². The molecule has 2 aromatic carbocycles. The van der Waals surface area contributed by atoms with Gasteiger partial charge in [-0.3, -0.25) is 4.79 Å². The van der Waals surface area contributed by atoms with Gasteiger partial charge in [-0.05, 0) is 31.5 Å². The molecule has 0 saturated carbocycles. The summed E-state index contributed by atoms with van der Waals surface area (Å²) in [4.78, 5) is 14.2. The van der Waals surface area contributed by atoms with Crippen LogP contribution in [0.1, 0.15) is 87.1 Å². The van der Waals surface area contributed by atoms with Crippen molar-refractivity contribution < 1.29 is 35.8 Å². The van der Waals surface area contributed by atoms with E-state index in [1.54, 1.807) is 18.4 Å². The van der Waals surface area contributed by atoms with Gasteiger partial charge in [0.15, 0.2) is 12.7 Å². The third-order valence-electron chi connectivity index (χ3n) is 6.68. The molecule has 0 aliphatic heterocycles. The first-order chi connectivity index (χ1) is 18.6. The van der Waals surface area contributed by atoms with E-state index in [1.807, 2.05) is 36.4 Å². The fourth-order valence-electron chi connectivity index (χ4n) is 4.58. The van der Waals surface area contributed by atoms with Crippen molar-refractivity contribution in [3.8, 4) is 11.5 Å². The van der Waals surface area contributed by atoms with E-state index in [9.17, 15) is 4.79 Å². The van der Waals surface area contributed by atoms with Crippen LogP contribution in [0, 0.1) is 6.92 Å². The third kappa shape index (κ3) is 12.6. The number of methoxy groups -OCH3 is 1. The van der Waals surface area contributed by atoms with E-state index in [1.165, 1.54) is 62.7 Å². The van der Waals surface area contributed by atoms with E-state index in [0.717, 1.165) is 41.3 Å². The van der Waals surface area contributed by atoms with Crippen molar-refractivity contribution in [2.75, 3.05) is 19.0 Å². The molecule has 0 spiro atoms. The molecule has 1 N–H and O–H groups in total. The Labute approximate surface area is 249 Å². The maximum Gasteiger partial charge on any atom is 0.228 e. The van der Waals surface area contributed by atoms with Crippen molar-refractivity contribution in [1.29, 1.82) is 0 Å². The zero-order valence-electron chi connectivity index (χ0n) is 23.8. The lowest BCUT2D eigenvalue weighted by molar-refractivity contribution is -0.683. The quantitative estimate of drug-likeness (QED) is 0.164. The van der Waals surface area contributed by atoms with Crippen LogP contribution in [-0.4, -0.2) is 19.6 Å². The summed E-state index contributed by atoms with van der Waals surface area (Å²) in [5.74, 6) is 1.41. The molecule has 0 aliphatic rings. The van der Waals surface area contributed by atoms with Crippen LogP contribution in [-0.2, 0) is 17.8 Å². The van der Waals surface area contributed by atoms with Gasteiger partial charge >= 0.3 is 0 Å². The van der Waals surface area contributed by atoms with Crippen LogP contribution in [0.5, 0.6) is 11.5 Å². The van der Waals surface area contributed by atoms with Crippen LogP contribution in [0.4, 0.5) is 5.69 Å². The molecule has 39 heavy (non-hydrogen) atoms. The molecule has 0 fully saturated rings. The molecule has 1 amide bonds. The monoisotopic (exact) mass is 616 g/mol. The molecule has 3 rings (SSSR count). The number of rotatable bonds is 18. The third-order valence-corrected chi connectivity index (χ3v) is 7.53. The number of carbonyl (C=O) groups excluding carboxylic acids is 1. The predicted molar refractivity (Wildman–Crippen MR) is 157 cm³/mol. The zero-order valence-corrected chi connectivity index (χ0v) is 26.2. The first-order valence-corrected chi connectivity index (χ1v) is 15.1. The summed E-state index contributed by atoms with van der Waals surface area (Å²) in [5.41, 5.74) is 4.94. The maximum absolute atomic E-state index is 12.9. The van der Waals surface area contributed by atoms with Crippen molar-refractivity contribution in [2.24, 2.45) is 0 Å². The van der Waals surface area contributed by atoms with Gasteiger partial charge in [-0.25, -0.2) is 0 Å². The van der Waals surface area contributed by atoms with E-state index in [-0.39, 0.29) is 29.3 Å².